The van der Waals surface area contributed by atoms with Gasteiger partial charge in [0.2, 0.25) is 0 Å². The van der Waals surface area contributed by atoms with Gasteiger partial charge in [0.15, 0.2) is 0 Å². The zero-order valence-corrected chi connectivity index (χ0v) is 11.3. The van der Waals surface area contributed by atoms with Crippen LogP contribution in [0.3, 0.4) is 0 Å². The van der Waals surface area contributed by atoms with Gasteiger partial charge in [-0.3, -0.25) is 0 Å². The molecule has 2 rings (SSSR count). The van der Waals surface area contributed by atoms with Crippen LogP contribution in [0.25, 0.3) is 0 Å². The Labute approximate surface area is 113 Å². The Morgan fingerprint density at radius 1 is 1.22 bits per heavy atom. The molecule has 1 aliphatic rings. The van der Waals surface area contributed by atoms with Gasteiger partial charge in [-0.25, -0.2) is 4.39 Å². The third kappa shape index (κ3) is 3.69. The SMILES string of the molecule is OC(Cc1ccc(F)c(Cl)c1)C1CCCCCC1. The van der Waals surface area contributed by atoms with Crippen LogP contribution in [0.5, 0.6) is 0 Å². The molecule has 0 aliphatic heterocycles. The molecule has 1 aromatic rings. The summed E-state index contributed by atoms with van der Waals surface area (Å²) in [6, 6.07) is 4.70. The summed E-state index contributed by atoms with van der Waals surface area (Å²) in [5.41, 5.74) is 0.915. The van der Waals surface area contributed by atoms with Crippen molar-refractivity contribution >= 4 is 11.6 Å². The molecular weight excluding hydrogens is 251 g/mol. The maximum absolute atomic E-state index is 13.1. The predicted molar refractivity (Wildman–Crippen MR) is 72.3 cm³/mol. The Balaban J connectivity index is 1.96. The third-order valence-electron chi connectivity index (χ3n) is 3.87. The molecule has 3 heteroatoms. The summed E-state index contributed by atoms with van der Waals surface area (Å²) in [6.07, 6.45) is 7.45. The molecule has 0 radical (unpaired) electrons. The predicted octanol–water partition coefficient (Wildman–Crippen LogP) is 4.35. The molecule has 1 saturated carbocycles. The van der Waals surface area contributed by atoms with Gasteiger partial charge in [0.25, 0.3) is 0 Å². The van der Waals surface area contributed by atoms with Crippen molar-refractivity contribution in [3.63, 3.8) is 0 Å². The highest BCUT2D eigenvalue weighted by molar-refractivity contribution is 6.30. The average molecular weight is 271 g/mol. The van der Waals surface area contributed by atoms with Gasteiger partial charge in [0.05, 0.1) is 11.1 Å². The lowest BCUT2D eigenvalue weighted by atomic mass is 9.90. The lowest BCUT2D eigenvalue weighted by molar-refractivity contribution is 0.0986. The first-order chi connectivity index (χ1) is 8.66. The summed E-state index contributed by atoms with van der Waals surface area (Å²) in [4.78, 5) is 0. The van der Waals surface area contributed by atoms with Crippen LogP contribution in [-0.2, 0) is 6.42 Å². The van der Waals surface area contributed by atoms with Crippen molar-refractivity contribution in [3.05, 3.63) is 34.6 Å². The van der Waals surface area contributed by atoms with Crippen LogP contribution in [0.15, 0.2) is 18.2 Å². The fraction of sp³-hybridized carbons (Fsp3) is 0.600. The fourth-order valence-electron chi connectivity index (χ4n) is 2.77. The molecule has 1 fully saturated rings. The summed E-state index contributed by atoms with van der Waals surface area (Å²) >= 11 is 5.75. The van der Waals surface area contributed by atoms with Crippen LogP contribution in [0.1, 0.15) is 44.1 Å². The lowest BCUT2D eigenvalue weighted by Gasteiger charge is -2.21. The van der Waals surface area contributed by atoms with E-state index in [1.165, 1.54) is 31.7 Å². The summed E-state index contributed by atoms with van der Waals surface area (Å²) in [5, 5.41) is 10.4. The molecule has 1 nitrogen and oxygen atoms in total. The van der Waals surface area contributed by atoms with E-state index < -0.39 is 5.82 Å². The van der Waals surface area contributed by atoms with Crippen LogP contribution in [0.4, 0.5) is 4.39 Å². The van der Waals surface area contributed by atoms with E-state index in [1.807, 2.05) is 0 Å². The van der Waals surface area contributed by atoms with E-state index in [2.05, 4.69) is 0 Å². The quantitative estimate of drug-likeness (QED) is 0.810. The van der Waals surface area contributed by atoms with Gasteiger partial charge < -0.3 is 5.11 Å². The summed E-state index contributed by atoms with van der Waals surface area (Å²) in [6.45, 7) is 0. The van der Waals surface area contributed by atoms with E-state index in [-0.39, 0.29) is 11.1 Å². The molecule has 18 heavy (non-hydrogen) atoms. The minimum Gasteiger partial charge on any atom is -0.392 e. The average Bonchev–Trinajstić information content (AvgIpc) is 2.62. The molecule has 0 spiro atoms. The number of halogens is 2. The summed E-state index contributed by atoms with van der Waals surface area (Å²) < 4.78 is 13.1. The van der Waals surface area contributed by atoms with Gasteiger partial charge in [0, 0.05) is 0 Å². The highest BCUT2D eigenvalue weighted by atomic mass is 35.5. The van der Waals surface area contributed by atoms with Gasteiger partial charge in [-0.1, -0.05) is 43.4 Å². The van der Waals surface area contributed by atoms with Crippen LogP contribution in [-0.4, -0.2) is 11.2 Å². The second kappa shape index (κ2) is 6.53. The summed E-state index contributed by atoms with van der Waals surface area (Å²) in [5.74, 6) is -0.0132. The Bertz CT molecular complexity index is 386. The number of hydrogen-bond donors (Lipinski definition) is 1. The molecular formula is C15H20ClFO. The van der Waals surface area contributed by atoms with Gasteiger partial charge in [0.1, 0.15) is 5.82 Å². The third-order valence-corrected chi connectivity index (χ3v) is 4.16. The molecule has 0 amide bonds. The van der Waals surface area contributed by atoms with Crippen molar-refractivity contribution < 1.29 is 9.50 Å². The van der Waals surface area contributed by atoms with E-state index in [1.54, 1.807) is 12.1 Å². The second-order valence-corrected chi connectivity index (χ2v) is 5.68. The summed E-state index contributed by atoms with van der Waals surface area (Å²) in [7, 11) is 0. The zero-order valence-electron chi connectivity index (χ0n) is 10.5. The van der Waals surface area contributed by atoms with Crippen LogP contribution in [0.2, 0.25) is 5.02 Å². The molecule has 1 atom stereocenters. The second-order valence-electron chi connectivity index (χ2n) is 5.27. The van der Waals surface area contributed by atoms with Crippen LogP contribution in [0, 0.1) is 11.7 Å². The van der Waals surface area contributed by atoms with Crippen LogP contribution < -0.4 is 0 Å². The molecule has 0 heterocycles. The van der Waals surface area contributed by atoms with Gasteiger partial charge in [-0.15, -0.1) is 0 Å². The van der Waals surface area contributed by atoms with Crippen molar-refractivity contribution in [2.75, 3.05) is 0 Å². The molecule has 1 N–H and O–H groups in total. The largest absolute Gasteiger partial charge is 0.392 e. The highest BCUT2D eigenvalue weighted by Gasteiger charge is 2.21. The van der Waals surface area contributed by atoms with Gasteiger partial charge >= 0.3 is 0 Å². The maximum atomic E-state index is 13.1. The number of rotatable bonds is 3. The zero-order chi connectivity index (χ0) is 13.0. The lowest BCUT2D eigenvalue weighted by Crippen LogP contribution is -2.22. The topological polar surface area (TPSA) is 20.2 Å². The Kier molecular flexibility index (Phi) is 5.02. The smallest absolute Gasteiger partial charge is 0.141 e. The monoisotopic (exact) mass is 270 g/mol. The van der Waals surface area contributed by atoms with Gasteiger partial charge in [-0.2, -0.15) is 0 Å². The molecule has 0 bridgehead atoms. The van der Waals surface area contributed by atoms with Crippen molar-refractivity contribution in [2.45, 2.75) is 51.0 Å². The number of hydrogen-bond acceptors (Lipinski definition) is 1. The molecule has 0 saturated heterocycles. The fourth-order valence-corrected chi connectivity index (χ4v) is 2.97. The molecule has 0 aromatic heterocycles. The molecule has 1 aromatic carbocycles. The highest BCUT2D eigenvalue weighted by Crippen LogP contribution is 2.27. The minimum atomic E-state index is -0.399. The minimum absolute atomic E-state index is 0.139. The number of aliphatic hydroxyl groups excluding tert-OH is 1. The van der Waals surface area contributed by atoms with E-state index in [9.17, 15) is 9.50 Å². The molecule has 1 unspecified atom stereocenters. The first kappa shape index (κ1) is 13.8. The Morgan fingerprint density at radius 3 is 2.50 bits per heavy atom. The first-order valence-electron chi connectivity index (χ1n) is 6.79. The first-order valence-corrected chi connectivity index (χ1v) is 7.16. The molecule has 1 aliphatic carbocycles. The van der Waals surface area contributed by atoms with Gasteiger partial charge in [-0.05, 0) is 42.9 Å². The Hall–Kier alpha value is -0.600. The standard InChI is InChI=1S/C15H20ClFO/c16-13-9-11(7-8-14(13)17)10-15(18)12-5-3-1-2-4-6-12/h7-9,12,15,18H,1-6,10H2. The van der Waals surface area contributed by atoms with Crippen molar-refractivity contribution in [1.82, 2.24) is 0 Å². The Morgan fingerprint density at radius 2 is 1.89 bits per heavy atom. The maximum Gasteiger partial charge on any atom is 0.141 e. The van der Waals surface area contributed by atoms with E-state index in [0.717, 1.165) is 18.4 Å². The number of aliphatic hydroxyl groups is 1. The van der Waals surface area contributed by atoms with Crippen molar-refractivity contribution in [1.29, 1.82) is 0 Å². The molecule has 100 valence electrons. The van der Waals surface area contributed by atoms with Crippen LogP contribution >= 0.6 is 11.6 Å². The normalized spacial score (nSPS) is 19.5. The number of benzene rings is 1. The van der Waals surface area contributed by atoms with Crippen molar-refractivity contribution in [3.8, 4) is 0 Å². The van der Waals surface area contributed by atoms with Crippen molar-refractivity contribution in [2.24, 2.45) is 5.92 Å². The van der Waals surface area contributed by atoms with E-state index in [0.29, 0.717) is 12.3 Å². The van der Waals surface area contributed by atoms with E-state index in [4.69, 9.17) is 11.6 Å². The van der Waals surface area contributed by atoms with E-state index >= 15 is 0 Å².